The van der Waals surface area contributed by atoms with E-state index in [4.69, 9.17) is 4.18 Å². The average Bonchev–Trinajstić information content (AvgIpc) is 3.23. The lowest BCUT2D eigenvalue weighted by Crippen LogP contribution is -2.28. The molecule has 0 N–H and O–H groups in total. The first-order chi connectivity index (χ1) is 21.2. The second-order valence-electron chi connectivity index (χ2n) is 11.0. The van der Waals surface area contributed by atoms with E-state index in [0.29, 0.717) is 34.7 Å². The number of hydrogen-bond donors (Lipinski definition) is 0. The van der Waals surface area contributed by atoms with Crippen LogP contribution in [-0.2, 0) is 24.8 Å². The van der Waals surface area contributed by atoms with Crippen molar-refractivity contribution in [1.82, 2.24) is 0 Å². The molecule has 3 aromatic carbocycles. The van der Waals surface area contributed by atoms with Gasteiger partial charge in [-0.05, 0) is 58.7 Å². The van der Waals surface area contributed by atoms with Crippen LogP contribution in [0.15, 0.2) is 48.5 Å². The van der Waals surface area contributed by atoms with Crippen molar-refractivity contribution in [2.45, 2.75) is 95.3 Å². The van der Waals surface area contributed by atoms with E-state index in [9.17, 15) is 34.8 Å². The number of benzene rings is 3. The third-order valence-corrected chi connectivity index (χ3v) is 9.33. The highest BCUT2D eigenvalue weighted by atomic mass is 32.2. The largest absolute Gasteiger partial charge is 0.550 e. The van der Waals surface area contributed by atoms with Crippen molar-refractivity contribution in [3.8, 4) is 22.6 Å². The Morgan fingerprint density at radius 2 is 1.40 bits per heavy atom. The van der Waals surface area contributed by atoms with Gasteiger partial charge in [0.05, 0.1) is 0 Å². The van der Waals surface area contributed by atoms with E-state index in [1.807, 2.05) is 6.07 Å². The van der Waals surface area contributed by atoms with Gasteiger partial charge in [0, 0.05) is 10.8 Å². The Morgan fingerprint density at radius 3 is 1.98 bits per heavy atom. The number of rotatable bonds is 16. The van der Waals surface area contributed by atoms with E-state index < -0.39 is 33.2 Å². The molecular weight excluding hydrogens is 646 g/mol. The van der Waals surface area contributed by atoms with Gasteiger partial charge in [0.15, 0.2) is 0 Å². The first-order valence-corrected chi connectivity index (χ1v) is 16.8. The van der Waals surface area contributed by atoms with Crippen LogP contribution in [0, 0.1) is 0 Å². The Bertz CT molecular complexity index is 1560. The summed E-state index contributed by atoms with van der Waals surface area (Å²) in [5.74, 6) is -0.255. The van der Waals surface area contributed by atoms with Crippen LogP contribution in [0.3, 0.4) is 0 Å². The molecule has 4 rings (SSSR count). The Hall–Kier alpha value is -2.68. The first-order valence-electron chi connectivity index (χ1n) is 14.7. The van der Waals surface area contributed by atoms with Crippen molar-refractivity contribution in [1.29, 1.82) is 0 Å². The van der Waals surface area contributed by atoms with Crippen LogP contribution < -0.4 is 8.37 Å². The van der Waals surface area contributed by atoms with Gasteiger partial charge in [-0.3, -0.25) is 0 Å². The molecule has 0 aromatic heterocycles. The Labute approximate surface area is 262 Å². The van der Waals surface area contributed by atoms with E-state index >= 15 is 0 Å². The number of alkyl halides is 6. The minimum atomic E-state index is -5.91. The summed E-state index contributed by atoms with van der Waals surface area (Å²) < 4.78 is 115. The summed E-state index contributed by atoms with van der Waals surface area (Å²) in [6.07, 6.45) is 3.37. The maximum Gasteiger partial charge on any atom is 0.550 e. The molecule has 6 nitrogen and oxygen atoms in total. The topological polar surface area (TPSA) is 71.1 Å². The lowest BCUT2D eigenvalue weighted by molar-refractivity contribution is -0.441. The molecule has 3 aromatic rings. The molecule has 0 radical (unpaired) electrons. The van der Waals surface area contributed by atoms with Gasteiger partial charge in [-0.15, -0.1) is 22.4 Å². The predicted octanol–water partition coefficient (Wildman–Crippen LogP) is 10.7. The highest BCUT2D eigenvalue weighted by molar-refractivity contribution is 7.90. The zero-order valence-electron chi connectivity index (χ0n) is 24.7. The molecule has 0 fully saturated rings. The average molecular weight is 681 g/mol. The van der Waals surface area contributed by atoms with Crippen LogP contribution in [-0.4, -0.2) is 20.3 Å². The van der Waals surface area contributed by atoms with Crippen LogP contribution in [0.5, 0.6) is 11.5 Å². The fourth-order valence-electron chi connectivity index (χ4n) is 6.06. The molecule has 0 amide bonds. The SMILES string of the molecule is CCCCCCC1(CCCCCC)c2cc(OS(=O)(=O)C(F)(F)F)ccc2-c2c1cc(OSOOC(F)(F)F)c1ccccc21. The van der Waals surface area contributed by atoms with Crippen molar-refractivity contribution in [2.24, 2.45) is 0 Å². The first kappa shape index (κ1) is 35.2. The quantitative estimate of drug-likeness (QED) is 0.0284. The van der Waals surface area contributed by atoms with Crippen molar-refractivity contribution in [2.75, 3.05) is 0 Å². The second kappa shape index (κ2) is 14.4. The summed E-state index contributed by atoms with van der Waals surface area (Å²) in [6, 6.07) is 13.0. The molecule has 1 aliphatic carbocycles. The van der Waals surface area contributed by atoms with Gasteiger partial charge in [-0.1, -0.05) is 95.5 Å². The molecule has 0 bridgehead atoms. The third kappa shape index (κ3) is 8.01. The molecule has 0 saturated heterocycles. The summed E-state index contributed by atoms with van der Waals surface area (Å²) in [5.41, 5.74) is -3.46. The molecule has 0 atom stereocenters. The number of unbranched alkanes of at least 4 members (excludes halogenated alkanes) is 6. The van der Waals surface area contributed by atoms with Gasteiger partial charge in [0.25, 0.3) is 12.3 Å². The van der Waals surface area contributed by atoms with Crippen molar-refractivity contribution in [3.05, 3.63) is 59.7 Å². The summed E-state index contributed by atoms with van der Waals surface area (Å²) in [5, 5.41) is 1.25. The van der Waals surface area contributed by atoms with Crippen LogP contribution in [0.2, 0.25) is 0 Å². The molecular formula is C31H34F6O6S2. The summed E-state index contributed by atoms with van der Waals surface area (Å²) in [7, 11) is -5.91. The molecule has 0 aliphatic heterocycles. The minimum Gasteiger partial charge on any atom is -0.398 e. The maximum absolute atomic E-state index is 13.2. The Balaban J connectivity index is 1.90. The molecule has 1 aliphatic rings. The zero-order valence-corrected chi connectivity index (χ0v) is 26.4. The lowest BCUT2D eigenvalue weighted by Gasteiger charge is -2.33. The maximum atomic E-state index is 13.2. The van der Waals surface area contributed by atoms with Gasteiger partial charge in [0.2, 0.25) is 0 Å². The number of hydrogen-bond acceptors (Lipinski definition) is 7. The molecule has 0 unspecified atom stereocenters. The van der Waals surface area contributed by atoms with Gasteiger partial charge in [0.1, 0.15) is 11.5 Å². The highest BCUT2D eigenvalue weighted by Gasteiger charge is 2.49. The fraction of sp³-hybridized carbons (Fsp3) is 0.484. The lowest BCUT2D eigenvalue weighted by atomic mass is 9.70. The molecule has 0 spiro atoms. The van der Waals surface area contributed by atoms with Gasteiger partial charge in [-0.25, -0.2) is 0 Å². The highest BCUT2D eigenvalue weighted by Crippen LogP contribution is 2.58. The van der Waals surface area contributed by atoms with Crippen molar-refractivity contribution >= 4 is 33.2 Å². The van der Waals surface area contributed by atoms with Crippen LogP contribution in [0.1, 0.15) is 89.2 Å². The minimum absolute atomic E-state index is 0.00207. The van der Waals surface area contributed by atoms with E-state index in [1.165, 1.54) is 12.1 Å². The Morgan fingerprint density at radius 1 is 0.778 bits per heavy atom. The molecule has 45 heavy (non-hydrogen) atoms. The predicted molar refractivity (Wildman–Crippen MR) is 160 cm³/mol. The molecule has 0 saturated carbocycles. The third-order valence-electron chi connectivity index (χ3n) is 7.98. The smallest absolute Gasteiger partial charge is 0.398 e. The summed E-state index contributed by atoms with van der Waals surface area (Å²) in [6.45, 7) is 4.15. The number of halogens is 6. The van der Waals surface area contributed by atoms with E-state index in [-0.39, 0.29) is 18.1 Å². The van der Waals surface area contributed by atoms with E-state index in [1.54, 1.807) is 30.3 Å². The monoisotopic (exact) mass is 680 g/mol. The van der Waals surface area contributed by atoms with E-state index in [0.717, 1.165) is 62.5 Å². The normalized spacial score (nSPS) is 14.4. The molecule has 248 valence electrons. The van der Waals surface area contributed by atoms with Crippen LogP contribution in [0.25, 0.3) is 21.9 Å². The van der Waals surface area contributed by atoms with Crippen LogP contribution >= 0.6 is 12.3 Å². The summed E-state index contributed by atoms with van der Waals surface area (Å²) >= 11 is 0.00207. The molecule has 0 heterocycles. The standard InChI is InChI=1S/C31H34F6O6S2/c1-3-5-7-11-17-29(18-12-8-6-4-2)25-19-21(41-45(38,39)31(35,36)37)15-16-24(25)28-23-14-10-9-13-22(23)27(20-26(28)29)40-44-43-42-30(32,33)34/h9-10,13-16,19-20H,3-8,11-12,17-18H2,1-2H3. The zero-order chi connectivity index (χ0) is 32.9. The Kier molecular flexibility index (Phi) is 11.3. The molecule has 14 heteroatoms. The fourth-order valence-corrected chi connectivity index (χ4v) is 6.86. The second-order valence-corrected chi connectivity index (χ2v) is 13.0. The van der Waals surface area contributed by atoms with Gasteiger partial charge >= 0.3 is 22.0 Å². The van der Waals surface area contributed by atoms with E-state index in [2.05, 4.69) is 27.3 Å². The van der Waals surface area contributed by atoms with Crippen molar-refractivity contribution in [3.63, 3.8) is 0 Å². The summed E-state index contributed by atoms with van der Waals surface area (Å²) in [4.78, 5) is 3.37. The van der Waals surface area contributed by atoms with Crippen LogP contribution in [0.4, 0.5) is 26.3 Å². The van der Waals surface area contributed by atoms with Gasteiger partial charge in [-0.2, -0.15) is 21.6 Å². The number of fused-ring (bicyclic) bond motifs is 5. The van der Waals surface area contributed by atoms with Gasteiger partial charge < -0.3 is 8.37 Å². The van der Waals surface area contributed by atoms with Crippen molar-refractivity contribution < 1.29 is 52.3 Å².